The molecule has 148 valence electrons. The summed E-state index contributed by atoms with van der Waals surface area (Å²) in [5.41, 5.74) is 1.38. The zero-order valence-corrected chi connectivity index (χ0v) is 17.8. The molecule has 0 radical (unpaired) electrons. The first-order valence-electron chi connectivity index (χ1n) is 8.98. The van der Waals surface area contributed by atoms with E-state index in [1.54, 1.807) is 30.0 Å². The van der Waals surface area contributed by atoms with E-state index in [1.165, 1.54) is 11.3 Å². The second kappa shape index (κ2) is 8.03. The number of Topliss-reactive ketones (excluding diaryl/α,β-unsaturated/α-hetero) is 1. The van der Waals surface area contributed by atoms with Gasteiger partial charge in [0.15, 0.2) is 5.76 Å². The van der Waals surface area contributed by atoms with Gasteiger partial charge < -0.3 is 14.9 Å². The molecule has 2 N–H and O–H groups in total. The predicted octanol–water partition coefficient (Wildman–Crippen LogP) is 2.14. The van der Waals surface area contributed by atoms with Gasteiger partial charge in [-0.1, -0.05) is 23.7 Å². The van der Waals surface area contributed by atoms with Gasteiger partial charge in [0.05, 0.1) is 54.4 Å². The highest BCUT2D eigenvalue weighted by atomic mass is 35.5. The second-order valence-electron chi connectivity index (χ2n) is 7.15. The minimum Gasteiger partial charge on any atom is -0.503 e. The van der Waals surface area contributed by atoms with Crippen molar-refractivity contribution in [1.29, 1.82) is 0 Å². The summed E-state index contributed by atoms with van der Waals surface area (Å²) >= 11 is 7.43. The van der Waals surface area contributed by atoms with E-state index in [0.717, 1.165) is 9.91 Å². The molecule has 0 saturated heterocycles. The summed E-state index contributed by atoms with van der Waals surface area (Å²) in [5, 5.41) is 11.9. The highest BCUT2D eigenvalue weighted by Crippen LogP contribution is 2.40. The van der Waals surface area contributed by atoms with E-state index in [-0.39, 0.29) is 11.4 Å². The number of aliphatic hydroxyl groups excluding tert-OH is 1. The number of hydrogen-bond donors (Lipinski definition) is 2. The maximum atomic E-state index is 13.3. The van der Waals surface area contributed by atoms with Gasteiger partial charge in [0.25, 0.3) is 5.91 Å². The van der Waals surface area contributed by atoms with Crippen molar-refractivity contribution in [3.8, 4) is 0 Å². The van der Waals surface area contributed by atoms with E-state index < -0.39 is 17.7 Å². The number of quaternary nitrogens is 1. The zero-order chi connectivity index (χ0) is 20.6. The summed E-state index contributed by atoms with van der Waals surface area (Å²) in [6, 6.07) is 6.37. The Labute approximate surface area is 173 Å². The molecule has 1 aromatic carbocycles. The van der Waals surface area contributed by atoms with Crippen molar-refractivity contribution in [3.05, 3.63) is 61.8 Å². The number of thiazole rings is 1. The van der Waals surface area contributed by atoms with Gasteiger partial charge in [-0.25, -0.2) is 4.98 Å². The van der Waals surface area contributed by atoms with Crippen molar-refractivity contribution >= 4 is 34.6 Å². The van der Waals surface area contributed by atoms with Crippen molar-refractivity contribution in [1.82, 2.24) is 9.88 Å². The Hall–Kier alpha value is -2.22. The van der Waals surface area contributed by atoms with Crippen LogP contribution in [-0.2, 0) is 4.79 Å². The molecule has 0 bridgehead atoms. The van der Waals surface area contributed by atoms with Gasteiger partial charge in [0.2, 0.25) is 5.78 Å². The third-order valence-corrected chi connectivity index (χ3v) is 5.98. The first-order chi connectivity index (χ1) is 13.2. The number of rotatable bonds is 6. The van der Waals surface area contributed by atoms with E-state index in [2.05, 4.69) is 4.98 Å². The zero-order valence-electron chi connectivity index (χ0n) is 16.2. The number of carbonyl (C=O) groups excluding carboxylic acids is 2. The Balaban J connectivity index is 2.10. The molecule has 0 fully saturated rings. The minimum atomic E-state index is -0.681. The Bertz CT molecular complexity index is 967. The van der Waals surface area contributed by atoms with Crippen LogP contribution >= 0.6 is 22.9 Å². The van der Waals surface area contributed by atoms with Crippen molar-refractivity contribution < 1.29 is 19.6 Å². The van der Waals surface area contributed by atoms with Crippen molar-refractivity contribution in [3.63, 3.8) is 0 Å². The number of benzene rings is 1. The van der Waals surface area contributed by atoms with Crippen LogP contribution < -0.4 is 4.90 Å². The fourth-order valence-electron chi connectivity index (χ4n) is 3.35. The van der Waals surface area contributed by atoms with Gasteiger partial charge in [0, 0.05) is 5.02 Å². The van der Waals surface area contributed by atoms with Crippen molar-refractivity contribution in [2.24, 2.45) is 0 Å². The largest absolute Gasteiger partial charge is 0.503 e. The average molecular weight is 421 g/mol. The van der Waals surface area contributed by atoms with Crippen LogP contribution in [0.4, 0.5) is 0 Å². The van der Waals surface area contributed by atoms with Gasteiger partial charge in [-0.05, 0) is 31.5 Å². The summed E-state index contributed by atoms with van der Waals surface area (Å²) in [5.74, 6) is -1.39. The van der Waals surface area contributed by atoms with E-state index in [1.807, 2.05) is 27.1 Å². The number of amides is 1. The van der Waals surface area contributed by atoms with E-state index in [0.29, 0.717) is 34.2 Å². The molecule has 8 heteroatoms. The summed E-state index contributed by atoms with van der Waals surface area (Å²) in [6.45, 7) is 4.66. The van der Waals surface area contributed by atoms with Crippen LogP contribution in [0.1, 0.15) is 32.0 Å². The molecule has 0 saturated carbocycles. The maximum Gasteiger partial charge on any atom is 0.290 e. The van der Waals surface area contributed by atoms with Crippen molar-refractivity contribution in [2.45, 2.75) is 19.9 Å². The molecule has 2 heterocycles. The third kappa shape index (κ3) is 3.83. The highest BCUT2D eigenvalue weighted by Gasteiger charge is 2.44. The number of likely N-dealkylation sites (N-methyl/N-ethyl adjacent to an activating group) is 1. The molecular weight excluding hydrogens is 398 g/mol. The van der Waals surface area contributed by atoms with E-state index in [4.69, 9.17) is 11.6 Å². The summed E-state index contributed by atoms with van der Waals surface area (Å²) in [6.07, 6.45) is 0. The predicted molar refractivity (Wildman–Crippen MR) is 109 cm³/mol. The monoisotopic (exact) mass is 420 g/mol. The molecular formula is C20H23ClN3O3S+. The SMILES string of the molecule is Cc1nc(C)c(C(=O)C2=C(O)C(=O)N(CC[NH+](C)C)[C@H]2c2cccc(Cl)c2)s1. The molecule has 1 atom stereocenters. The number of ketones is 1. The van der Waals surface area contributed by atoms with Crippen LogP contribution in [0.5, 0.6) is 0 Å². The fraction of sp³-hybridized carbons (Fsp3) is 0.350. The number of aryl methyl sites for hydroxylation is 2. The normalized spacial score (nSPS) is 17.1. The van der Waals surface area contributed by atoms with Crippen molar-refractivity contribution in [2.75, 3.05) is 27.2 Å². The number of nitrogens with one attached hydrogen (secondary N) is 1. The Kier molecular flexibility index (Phi) is 5.88. The van der Waals surface area contributed by atoms with Crippen LogP contribution in [0, 0.1) is 13.8 Å². The molecule has 28 heavy (non-hydrogen) atoms. The molecule has 0 spiro atoms. The average Bonchev–Trinajstić information content (AvgIpc) is 3.09. The summed E-state index contributed by atoms with van der Waals surface area (Å²) in [4.78, 5) is 33.6. The van der Waals surface area contributed by atoms with Crippen LogP contribution in [0.3, 0.4) is 0 Å². The van der Waals surface area contributed by atoms with Gasteiger partial charge in [-0.2, -0.15) is 0 Å². The van der Waals surface area contributed by atoms with Crippen LogP contribution in [0.2, 0.25) is 5.02 Å². The lowest BCUT2D eigenvalue weighted by molar-refractivity contribution is -0.857. The molecule has 1 aliphatic rings. The lowest BCUT2D eigenvalue weighted by atomic mass is 9.95. The van der Waals surface area contributed by atoms with Gasteiger partial charge in [0.1, 0.15) is 0 Å². The number of halogens is 1. The quantitative estimate of drug-likeness (QED) is 0.702. The topological polar surface area (TPSA) is 74.9 Å². The number of hydrogen-bond acceptors (Lipinski definition) is 5. The van der Waals surface area contributed by atoms with E-state index in [9.17, 15) is 14.7 Å². The molecule has 1 amide bonds. The van der Waals surface area contributed by atoms with E-state index >= 15 is 0 Å². The van der Waals surface area contributed by atoms with Crippen LogP contribution in [0.15, 0.2) is 35.6 Å². The summed E-state index contributed by atoms with van der Waals surface area (Å²) < 4.78 is 0. The lowest BCUT2D eigenvalue weighted by Gasteiger charge is -2.27. The smallest absolute Gasteiger partial charge is 0.290 e. The molecule has 0 unspecified atom stereocenters. The third-order valence-electron chi connectivity index (χ3n) is 4.68. The Morgan fingerprint density at radius 1 is 1.36 bits per heavy atom. The number of aromatic nitrogens is 1. The second-order valence-corrected chi connectivity index (χ2v) is 8.79. The van der Waals surface area contributed by atoms with Crippen LogP contribution in [0.25, 0.3) is 0 Å². The standard InChI is InChI=1S/C20H22ClN3O3S/c1-11-19(28-12(2)22-11)17(25)15-16(13-6-5-7-14(21)10-13)24(9-8-23(3)4)20(27)18(15)26/h5-7,10,16,26H,8-9H2,1-4H3/p+1/t16-/m0/s1. The number of carbonyl (C=O) groups is 2. The Morgan fingerprint density at radius 2 is 2.07 bits per heavy atom. The molecule has 6 nitrogen and oxygen atoms in total. The van der Waals surface area contributed by atoms with Gasteiger partial charge in [-0.15, -0.1) is 11.3 Å². The first-order valence-corrected chi connectivity index (χ1v) is 10.2. The van der Waals surface area contributed by atoms with Gasteiger partial charge >= 0.3 is 0 Å². The lowest BCUT2D eigenvalue weighted by Crippen LogP contribution is -3.06. The number of aliphatic hydroxyl groups is 1. The summed E-state index contributed by atoms with van der Waals surface area (Å²) in [7, 11) is 3.97. The molecule has 3 rings (SSSR count). The molecule has 2 aromatic rings. The molecule has 1 aliphatic heterocycles. The fourth-order valence-corrected chi connectivity index (χ4v) is 4.42. The molecule has 0 aliphatic carbocycles. The van der Waals surface area contributed by atoms with Gasteiger partial charge in [-0.3, -0.25) is 9.59 Å². The maximum absolute atomic E-state index is 13.3. The number of nitrogens with zero attached hydrogens (tertiary/aromatic N) is 2. The van der Waals surface area contributed by atoms with Crippen LogP contribution in [-0.4, -0.2) is 53.9 Å². The molecule has 1 aromatic heterocycles. The minimum absolute atomic E-state index is 0.0905. The highest BCUT2D eigenvalue weighted by molar-refractivity contribution is 7.14. The first kappa shape index (κ1) is 20.5. The Morgan fingerprint density at radius 3 is 2.64 bits per heavy atom.